The Labute approximate surface area is 158 Å². The van der Waals surface area contributed by atoms with Crippen LogP contribution in [0.1, 0.15) is 39.7 Å². The van der Waals surface area contributed by atoms with Crippen LogP contribution in [0.3, 0.4) is 0 Å². The standard InChI is InChI=1S/C19H27NO5S/c1-18(2)10-15(19(3,4)25-18)26-12-14(16(21)22)20-17(23)24-11-13-8-6-5-7-9-13/h5-9,14-15H,10-12H2,1-4H3,(H,20,23)(H,21,22). The summed E-state index contributed by atoms with van der Waals surface area (Å²) in [6.07, 6.45) is 0.0965. The highest BCUT2D eigenvalue weighted by molar-refractivity contribution is 8.00. The molecule has 2 rings (SSSR count). The Morgan fingerprint density at radius 2 is 1.96 bits per heavy atom. The first-order valence-corrected chi connectivity index (χ1v) is 9.66. The summed E-state index contributed by atoms with van der Waals surface area (Å²) >= 11 is 1.51. The van der Waals surface area contributed by atoms with Gasteiger partial charge in [-0.15, -0.1) is 0 Å². The van der Waals surface area contributed by atoms with Gasteiger partial charge in [0.05, 0.1) is 11.2 Å². The van der Waals surface area contributed by atoms with Gasteiger partial charge in [0.1, 0.15) is 12.6 Å². The molecule has 6 nitrogen and oxygen atoms in total. The summed E-state index contributed by atoms with van der Waals surface area (Å²) in [4.78, 5) is 23.4. The summed E-state index contributed by atoms with van der Waals surface area (Å²) in [6, 6.07) is 8.23. The molecule has 2 N–H and O–H groups in total. The van der Waals surface area contributed by atoms with E-state index in [0.717, 1.165) is 12.0 Å². The molecule has 1 saturated heterocycles. The molecule has 0 spiro atoms. The molecular weight excluding hydrogens is 354 g/mol. The van der Waals surface area contributed by atoms with Gasteiger partial charge in [0, 0.05) is 11.0 Å². The number of alkyl carbamates (subject to hydrolysis) is 1. The van der Waals surface area contributed by atoms with Crippen LogP contribution in [-0.4, -0.2) is 45.4 Å². The molecule has 0 bridgehead atoms. The summed E-state index contributed by atoms with van der Waals surface area (Å²) < 4.78 is 11.1. The van der Waals surface area contributed by atoms with Gasteiger partial charge in [-0.25, -0.2) is 9.59 Å². The Morgan fingerprint density at radius 3 is 2.50 bits per heavy atom. The predicted octanol–water partition coefficient (Wildman–Crippen LogP) is 3.45. The number of hydrogen-bond acceptors (Lipinski definition) is 5. The van der Waals surface area contributed by atoms with Crippen LogP contribution in [0.15, 0.2) is 30.3 Å². The number of carboxylic acids is 1. The summed E-state index contributed by atoms with van der Waals surface area (Å²) in [7, 11) is 0. The van der Waals surface area contributed by atoms with E-state index in [1.807, 2.05) is 58.0 Å². The smallest absolute Gasteiger partial charge is 0.408 e. The number of ether oxygens (including phenoxy) is 2. The maximum atomic E-state index is 11.9. The van der Waals surface area contributed by atoms with Crippen LogP contribution in [0.5, 0.6) is 0 Å². The van der Waals surface area contributed by atoms with Crippen molar-refractivity contribution in [2.45, 2.75) is 63.2 Å². The molecule has 0 radical (unpaired) electrons. The lowest BCUT2D eigenvalue weighted by Gasteiger charge is -2.27. The molecule has 1 fully saturated rings. The second kappa shape index (κ2) is 8.31. The zero-order valence-electron chi connectivity index (χ0n) is 15.7. The minimum atomic E-state index is -1.08. The first-order chi connectivity index (χ1) is 12.1. The van der Waals surface area contributed by atoms with E-state index in [-0.39, 0.29) is 28.8 Å². The van der Waals surface area contributed by atoms with Crippen LogP contribution in [0.2, 0.25) is 0 Å². The minimum Gasteiger partial charge on any atom is -0.480 e. The minimum absolute atomic E-state index is 0.101. The second-order valence-corrected chi connectivity index (χ2v) is 8.82. The van der Waals surface area contributed by atoms with E-state index in [0.29, 0.717) is 0 Å². The molecular formula is C19H27NO5S. The van der Waals surface area contributed by atoms with Gasteiger partial charge in [-0.1, -0.05) is 30.3 Å². The van der Waals surface area contributed by atoms with Crippen molar-refractivity contribution in [2.24, 2.45) is 0 Å². The quantitative estimate of drug-likeness (QED) is 0.753. The van der Waals surface area contributed by atoms with E-state index in [4.69, 9.17) is 9.47 Å². The Morgan fingerprint density at radius 1 is 1.31 bits per heavy atom. The van der Waals surface area contributed by atoms with E-state index in [2.05, 4.69) is 5.32 Å². The van der Waals surface area contributed by atoms with Crippen molar-refractivity contribution >= 4 is 23.8 Å². The number of rotatable bonds is 7. The Bertz CT molecular complexity index is 632. The molecule has 7 heteroatoms. The lowest BCUT2D eigenvalue weighted by molar-refractivity contribution is -0.138. The van der Waals surface area contributed by atoms with Crippen LogP contribution < -0.4 is 5.32 Å². The SMILES string of the molecule is CC1(C)CC(SCC(NC(=O)OCc2ccccc2)C(=O)O)C(C)(C)O1. The van der Waals surface area contributed by atoms with Crippen molar-refractivity contribution in [3.8, 4) is 0 Å². The third kappa shape index (κ3) is 5.92. The number of carboxylic acid groups (broad SMARTS) is 1. The van der Waals surface area contributed by atoms with E-state index < -0.39 is 18.1 Å². The van der Waals surface area contributed by atoms with Crippen molar-refractivity contribution in [2.75, 3.05) is 5.75 Å². The number of hydrogen-bond donors (Lipinski definition) is 2. The van der Waals surface area contributed by atoms with Gasteiger partial charge in [-0.2, -0.15) is 11.8 Å². The molecule has 26 heavy (non-hydrogen) atoms. The van der Waals surface area contributed by atoms with Crippen LogP contribution in [-0.2, 0) is 20.9 Å². The molecule has 0 saturated carbocycles. The summed E-state index contributed by atoms with van der Waals surface area (Å²) in [5.74, 6) is -0.825. The van der Waals surface area contributed by atoms with Crippen LogP contribution in [0, 0.1) is 0 Å². The molecule has 1 aromatic carbocycles. The van der Waals surface area contributed by atoms with E-state index in [1.165, 1.54) is 11.8 Å². The topological polar surface area (TPSA) is 84.9 Å². The highest BCUT2D eigenvalue weighted by atomic mass is 32.2. The van der Waals surface area contributed by atoms with Gasteiger partial charge in [-0.3, -0.25) is 0 Å². The first kappa shape index (κ1) is 20.6. The van der Waals surface area contributed by atoms with Crippen LogP contribution in [0.25, 0.3) is 0 Å². The molecule has 2 unspecified atom stereocenters. The molecule has 144 valence electrons. The second-order valence-electron chi connectivity index (χ2n) is 7.59. The summed E-state index contributed by atoms with van der Waals surface area (Å²) in [6.45, 7) is 8.18. The molecule has 1 aliphatic rings. The number of carbonyl (C=O) groups excluding carboxylic acids is 1. The van der Waals surface area contributed by atoms with Crippen molar-refractivity contribution < 1.29 is 24.2 Å². The number of carbonyl (C=O) groups is 2. The fourth-order valence-electron chi connectivity index (χ4n) is 3.07. The molecule has 1 amide bonds. The van der Waals surface area contributed by atoms with Gasteiger partial charge in [0.15, 0.2) is 0 Å². The van der Waals surface area contributed by atoms with Gasteiger partial charge in [-0.05, 0) is 39.7 Å². The molecule has 1 heterocycles. The summed E-state index contributed by atoms with van der Waals surface area (Å²) in [5, 5.41) is 12.0. The Balaban J connectivity index is 1.85. The zero-order valence-corrected chi connectivity index (χ0v) is 16.5. The van der Waals surface area contributed by atoms with Crippen LogP contribution >= 0.6 is 11.8 Å². The van der Waals surface area contributed by atoms with Gasteiger partial charge in [0.2, 0.25) is 0 Å². The maximum absolute atomic E-state index is 11.9. The number of nitrogens with one attached hydrogen (secondary N) is 1. The fourth-order valence-corrected chi connectivity index (χ4v) is 4.68. The first-order valence-electron chi connectivity index (χ1n) is 8.61. The molecule has 0 aromatic heterocycles. The number of thioether (sulfide) groups is 1. The van der Waals surface area contributed by atoms with Crippen molar-refractivity contribution in [3.05, 3.63) is 35.9 Å². The average Bonchev–Trinajstić information content (AvgIpc) is 2.76. The third-order valence-corrected chi connectivity index (χ3v) is 5.92. The van der Waals surface area contributed by atoms with Crippen LogP contribution in [0.4, 0.5) is 4.79 Å². The average molecular weight is 381 g/mol. The van der Waals surface area contributed by atoms with E-state index in [1.54, 1.807) is 0 Å². The summed E-state index contributed by atoms with van der Waals surface area (Å²) in [5.41, 5.74) is 0.267. The van der Waals surface area contributed by atoms with Gasteiger partial charge < -0.3 is 19.9 Å². The lowest BCUT2D eigenvalue weighted by Crippen LogP contribution is -2.43. The van der Waals surface area contributed by atoms with Crippen molar-refractivity contribution in [1.29, 1.82) is 0 Å². The molecule has 0 aliphatic carbocycles. The van der Waals surface area contributed by atoms with E-state index >= 15 is 0 Å². The number of aliphatic carboxylic acids is 1. The van der Waals surface area contributed by atoms with Gasteiger partial charge >= 0.3 is 12.1 Å². The zero-order chi connectivity index (χ0) is 19.4. The lowest BCUT2D eigenvalue weighted by atomic mass is 10.0. The highest BCUT2D eigenvalue weighted by Crippen LogP contribution is 2.43. The molecule has 1 aromatic rings. The number of amides is 1. The monoisotopic (exact) mass is 381 g/mol. The normalized spacial score (nSPS) is 21.8. The largest absolute Gasteiger partial charge is 0.480 e. The number of benzene rings is 1. The van der Waals surface area contributed by atoms with Crippen molar-refractivity contribution in [3.63, 3.8) is 0 Å². The van der Waals surface area contributed by atoms with Crippen molar-refractivity contribution in [1.82, 2.24) is 5.32 Å². The fraction of sp³-hybridized carbons (Fsp3) is 0.579. The highest BCUT2D eigenvalue weighted by Gasteiger charge is 2.46. The van der Waals surface area contributed by atoms with Gasteiger partial charge in [0.25, 0.3) is 0 Å². The Hall–Kier alpha value is -1.73. The maximum Gasteiger partial charge on any atom is 0.408 e. The molecule has 1 aliphatic heterocycles. The molecule has 2 atom stereocenters. The predicted molar refractivity (Wildman–Crippen MR) is 101 cm³/mol. The van der Waals surface area contributed by atoms with E-state index in [9.17, 15) is 14.7 Å². The Kier molecular flexibility index (Phi) is 6.58. The third-order valence-electron chi connectivity index (χ3n) is 4.26.